The van der Waals surface area contributed by atoms with Gasteiger partial charge in [0.15, 0.2) is 0 Å². The summed E-state index contributed by atoms with van der Waals surface area (Å²) in [7, 11) is -8.06. The van der Waals surface area contributed by atoms with E-state index in [1.54, 1.807) is 0 Å². The van der Waals surface area contributed by atoms with Crippen molar-refractivity contribution in [2.24, 2.45) is 0 Å². The Hall–Kier alpha value is -1.24. The van der Waals surface area contributed by atoms with Crippen molar-refractivity contribution in [3.8, 4) is 0 Å². The molecule has 0 saturated carbocycles. The number of piperazine rings is 1. The number of alkyl halides is 3. The predicted molar refractivity (Wildman–Crippen MR) is 95.0 cm³/mol. The number of sulfonamides is 2. The van der Waals surface area contributed by atoms with Gasteiger partial charge in [-0.2, -0.15) is 21.8 Å². The van der Waals surface area contributed by atoms with Crippen LogP contribution in [0.1, 0.15) is 31.7 Å². The van der Waals surface area contributed by atoms with Crippen LogP contribution in [0, 0.1) is 5.82 Å². The van der Waals surface area contributed by atoms with E-state index < -0.39 is 42.5 Å². The molecule has 0 spiro atoms. The summed E-state index contributed by atoms with van der Waals surface area (Å²) in [6, 6.07) is 1.19. The van der Waals surface area contributed by atoms with Gasteiger partial charge in [-0.05, 0) is 24.6 Å². The number of halogens is 4. The molecular weight excluding hydrogens is 424 g/mol. The highest BCUT2D eigenvalue weighted by Crippen LogP contribution is 2.32. The SMILES string of the molecule is CCCCCS(=O)(=O)N1CCN(S(=O)(=O)c2cc(C(F)(F)F)ccc2F)CC1. The van der Waals surface area contributed by atoms with Gasteiger partial charge in [-0.25, -0.2) is 21.2 Å². The van der Waals surface area contributed by atoms with Crippen LogP contribution in [0.3, 0.4) is 0 Å². The number of benzene rings is 1. The van der Waals surface area contributed by atoms with Gasteiger partial charge in [0.05, 0.1) is 11.3 Å². The van der Waals surface area contributed by atoms with Crippen molar-refractivity contribution in [1.82, 2.24) is 8.61 Å². The van der Waals surface area contributed by atoms with Crippen LogP contribution < -0.4 is 0 Å². The summed E-state index contributed by atoms with van der Waals surface area (Å²) in [5.41, 5.74) is -1.27. The molecule has 160 valence electrons. The Morgan fingerprint density at radius 2 is 1.54 bits per heavy atom. The summed E-state index contributed by atoms with van der Waals surface area (Å²) in [6.45, 7) is 1.15. The van der Waals surface area contributed by atoms with E-state index in [1.165, 1.54) is 0 Å². The van der Waals surface area contributed by atoms with Gasteiger partial charge in [0, 0.05) is 26.2 Å². The van der Waals surface area contributed by atoms with E-state index in [2.05, 4.69) is 0 Å². The number of nitrogens with zero attached hydrogens (tertiary/aromatic N) is 2. The number of hydrogen-bond donors (Lipinski definition) is 0. The summed E-state index contributed by atoms with van der Waals surface area (Å²) < 4.78 is 104. The number of rotatable bonds is 7. The summed E-state index contributed by atoms with van der Waals surface area (Å²) in [5.74, 6) is -1.34. The van der Waals surface area contributed by atoms with Crippen LogP contribution in [0.15, 0.2) is 23.1 Å². The van der Waals surface area contributed by atoms with Crippen molar-refractivity contribution in [2.75, 3.05) is 31.9 Å². The highest BCUT2D eigenvalue weighted by Gasteiger charge is 2.37. The van der Waals surface area contributed by atoms with E-state index >= 15 is 0 Å². The summed E-state index contributed by atoms with van der Waals surface area (Å²) in [4.78, 5) is -1.07. The van der Waals surface area contributed by atoms with E-state index in [-0.39, 0.29) is 38.0 Å². The highest BCUT2D eigenvalue weighted by atomic mass is 32.2. The van der Waals surface area contributed by atoms with Crippen molar-refractivity contribution in [3.63, 3.8) is 0 Å². The van der Waals surface area contributed by atoms with Gasteiger partial charge >= 0.3 is 6.18 Å². The third-order valence-electron chi connectivity index (χ3n) is 4.47. The molecule has 0 amide bonds. The maximum Gasteiger partial charge on any atom is 0.416 e. The number of hydrogen-bond acceptors (Lipinski definition) is 4. The largest absolute Gasteiger partial charge is 0.416 e. The summed E-state index contributed by atoms with van der Waals surface area (Å²) >= 11 is 0. The van der Waals surface area contributed by atoms with Gasteiger partial charge in [-0.3, -0.25) is 0 Å². The molecule has 1 aromatic carbocycles. The zero-order valence-corrected chi connectivity index (χ0v) is 16.9. The van der Waals surface area contributed by atoms with Crippen molar-refractivity contribution in [2.45, 2.75) is 37.3 Å². The van der Waals surface area contributed by atoms with Crippen LogP contribution in [0.4, 0.5) is 17.6 Å². The molecule has 2 rings (SSSR count). The first-order valence-electron chi connectivity index (χ1n) is 8.74. The van der Waals surface area contributed by atoms with Crippen LogP contribution in [0.25, 0.3) is 0 Å². The fourth-order valence-corrected chi connectivity index (χ4v) is 5.93. The third kappa shape index (κ3) is 5.22. The topological polar surface area (TPSA) is 74.8 Å². The lowest BCUT2D eigenvalue weighted by atomic mass is 10.2. The molecule has 1 fully saturated rings. The molecule has 0 N–H and O–H groups in total. The second-order valence-corrected chi connectivity index (χ2v) is 10.5. The molecule has 12 heteroatoms. The standard InChI is InChI=1S/C16H22F4N2O4S2/c1-2-3-4-11-27(23,24)21-7-9-22(10-8-21)28(25,26)15-12-13(16(18,19)20)5-6-14(15)17/h5-6,12H,2-4,7-11H2,1H3. The lowest BCUT2D eigenvalue weighted by Crippen LogP contribution is -2.51. The molecule has 6 nitrogen and oxygen atoms in total. The van der Waals surface area contributed by atoms with Crippen molar-refractivity contribution < 1.29 is 34.4 Å². The second-order valence-electron chi connectivity index (χ2n) is 6.47. The maximum atomic E-state index is 14.0. The van der Waals surface area contributed by atoms with Gasteiger partial charge < -0.3 is 0 Å². The quantitative estimate of drug-likeness (QED) is 0.477. The van der Waals surface area contributed by atoms with Crippen LogP contribution in [0.2, 0.25) is 0 Å². The van der Waals surface area contributed by atoms with Crippen LogP contribution in [0.5, 0.6) is 0 Å². The van der Waals surface area contributed by atoms with Crippen LogP contribution in [-0.2, 0) is 26.2 Å². The molecule has 1 aliphatic rings. The Labute approximate surface area is 162 Å². The molecule has 0 aliphatic carbocycles. The molecule has 0 unspecified atom stereocenters. The lowest BCUT2D eigenvalue weighted by Gasteiger charge is -2.33. The third-order valence-corrected chi connectivity index (χ3v) is 8.34. The molecule has 28 heavy (non-hydrogen) atoms. The summed E-state index contributed by atoms with van der Waals surface area (Å²) in [5, 5.41) is 0. The average Bonchev–Trinajstić information content (AvgIpc) is 2.61. The van der Waals surface area contributed by atoms with Gasteiger partial charge in [-0.1, -0.05) is 19.8 Å². The normalized spacial score (nSPS) is 17.8. The van der Waals surface area contributed by atoms with Crippen LogP contribution >= 0.6 is 0 Å². The van der Waals surface area contributed by atoms with E-state index in [4.69, 9.17) is 0 Å². The monoisotopic (exact) mass is 446 g/mol. The first-order valence-corrected chi connectivity index (χ1v) is 11.8. The maximum absolute atomic E-state index is 14.0. The molecule has 0 radical (unpaired) electrons. The van der Waals surface area contributed by atoms with Crippen molar-refractivity contribution in [1.29, 1.82) is 0 Å². The van der Waals surface area contributed by atoms with Gasteiger partial charge in [0.2, 0.25) is 20.0 Å². The minimum absolute atomic E-state index is 0.0458. The fraction of sp³-hybridized carbons (Fsp3) is 0.625. The van der Waals surface area contributed by atoms with E-state index in [1.807, 2.05) is 6.92 Å². The molecule has 1 aromatic rings. The Morgan fingerprint density at radius 3 is 2.07 bits per heavy atom. The molecular formula is C16H22F4N2O4S2. The Morgan fingerprint density at radius 1 is 0.964 bits per heavy atom. The minimum atomic E-state index is -4.82. The lowest BCUT2D eigenvalue weighted by molar-refractivity contribution is -0.137. The van der Waals surface area contributed by atoms with Gasteiger partial charge in [0.1, 0.15) is 10.7 Å². The predicted octanol–water partition coefficient (Wildman–Crippen LogP) is 2.67. The Bertz CT molecular complexity index is 894. The van der Waals surface area contributed by atoms with Crippen molar-refractivity contribution in [3.05, 3.63) is 29.6 Å². The molecule has 0 bridgehead atoms. The smallest absolute Gasteiger partial charge is 0.212 e. The van der Waals surface area contributed by atoms with E-state index in [0.29, 0.717) is 18.6 Å². The van der Waals surface area contributed by atoms with E-state index in [0.717, 1.165) is 21.5 Å². The molecule has 1 aliphatic heterocycles. The van der Waals surface area contributed by atoms with Crippen LogP contribution in [-0.4, -0.2) is 57.4 Å². The van der Waals surface area contributed by atoms with E-state index in [9.17, 15) is 34.4 Å². The molecule has 0 atom stereocenters. The first kappa shape index (κ1) is 23.0. The van der Waals surface area contributed by atoms with Crippen molar-refractivity contribution >= 4 is 20.0 Å². The van der Waals surface area contributed by atoms with Gasteiger partial charge in [-0.15, -0.1) is 0 Å². The molecule has 0 aromatic heterocycles. The summed E-state index contributed by atoms with van der Waals surface area (Å²) in [6.07, 6.45) is -2.72. The molecule has 1 heterocycles. The minimum Gasteiger partial charge on any atom is -0.212 e. The van der Waals surface area contributed by atoms with Gasteiger partial charge in [0.25, 0.3) is 0 Å². The average molecular weight is 446 g/mol. The second kappa shape index (κ2) is 8.64. The Balaban J connectivity index is 2.16. The number of unbranched alkanes of at least 4 members (excludes halogenated alkanes) is 2. The zero-order valence-electron chi connectivity index (χ0n) is 15.2. The molecule has 1 saturated heterocycles. The zero-order chi connectivity index (χ0) is 21.2. The Kier molecular flexibility index (Phi) is 7.11. The highest BCUT2D eigenvalue weighted by molar-refractivity contribution is 7.89. The fourth-order valence-electron chi connectivity index (χ4n) is 2.87. The first-order chi connectivity index (χ1) is 12.9.